The first-order chi connectivity index (χ1) is 10.1. The van der Waals surface area contributed by atoms with Crippen LogP contribution in [0.25, 0.3) is 5.65 Å². The molecule has 0 aromatic carbocycles. The summed E-state index contributed by atoms with van der Waals surface area (Å²) in [4.78, 5) is 15.4. The highest BCUT2D eigenvalue weighted by Gasteiger charge is 2.26. The number of pyridine rings is 1. The normalized spacial score (nSPS) is 22.5. The number of carbonyl (C=O) groups is 1. The minimum absolute atomic E-state index is 0.133. The van der Waals surface area contributed by atoms with Crippen LogP contribution < -0.4 is 0 Å². The molecule has 0 atom stereocenters. The Balaban J connectivity index is 1.56. The van der Waals surface area contributed by atoms with Gasteiger partial charge in [-0.25, -0.2) is 4.98 Å². The highest BCUT2D eigenvalue weighted by molar-refractivity contribution is 6.30. The Morgan fingerprint density at radius 2 is 2.10 bits per heavy atom. The quantitative estimate of drug-likeness (QED) is 0.942. The fraction of sp³-hybridized carbons (Fsp3) is 0.467. The number of halogens is 1. The van der Waals surface area contributed by atoms with Crippen molar-refractivity contribution in [1.29, 1.82) is 0 Å². The van der Waals surface area contributed by atoms with E-state index in [1.807, 2.05) is 28.9 Å². The number of rotatable bonds is 4. The molecular weight excluding hydrogens is 292 g/mol. The molecule has 2 aromatic heterocycles. The summed E-state index contributed by atoms with van der Waals surface area (Å²) in [7, 11) is 0. The summed E-state index contributed by atoms with van der Waals surface area (Å²) >= 11 is 5.94. The van der Waals surface area contributed by atoms with Gasteiger partial charge in [0.25, 0.3) is 0 Å². The highest BCUT2D eigenvalue weighted by atomic mass is 35.5. The highest BCUT2D eigenvalue weighted by Crippen LogP contribution is 2.27. The summed E-state index contributed by atoms with van der Waals surface area (Å²) in [5.74, 6) is -0.895. The summed E-state index contributed by atoms with van der Waals surface area (Å²) in [6, 6.07) is 3.67. The van der Waals surface area contributed by atoms with Crippen molar-refractivity contribution >= 4 is 23.2 Å². The average Bonchev–Trinajstić information content (AvgIpc) is 2.87. The van der Waals surface area contributed by atoms with Crippen LogP contribution in [-0.4, -0.2) is 26.6 Å². The molecule has 0 radical (unpaired) electrons. The van der Waals surface area contributed by atoms with Gasteiger partial charge in [-0.05, 0) is 37.8 Å². The van der Waals surface area contributed by atoms with Crippen molar-refractivity contribution in [3.05, 3.63) is 35.2 Å². The number of imidazole rings is 1. The first kappa shape index (κ1) is 14.4. The number of aromatic nitrogens is 2. The Morgan fingerprint density at radius 1 is 1.33 bits per heavy atom. The second kappa shape index (κ2) is 6.03. The standard InChI is InChI=1S/C15H17ClN2O3/c16-11-3-6-14-17-12(8-18(14)7-11)9-21-13-4-1-10(2-5-13)15(19)20/h3,6-8,10,13H,1-2,4-5,9H2,(H,19,20). The van der Waals surface area contributed by atoms with Crippen LogP contribution in [0.1, 0.15) is 31.4 Å². The van der Waals surface area contributed by atoms with E-state index in [1.54, 1.807) is 0 Å². The van der Waals surface area contributed by atoms with Gasteiger partial charge in [-0.2, -0.15) is 0 Å². The third kappa shape index (κ3) is 3.36. The Hall–Kier alpha value is -1.59. The third-order valence-corrected chi connectivity index (χ3v) is 4.18. The van der Waals surface area contributed by atoms with E-state index in [0.717, 1.165) is 24.2 Å². The zero-order valence-corrected chi connectivity index (χ0v) is 12.3. The predicted octanol–water partition coefficient (Wildman–Crippen LogP) is 3.15. The first-order valence-corrected chi connectivity index (χ1v) is 7.47. The minimum atomic E-state index is -0.689. The molecule has 1 saturated carbocycles. The molecule has 1 aliphatic rings. The van der Waals surface area contributed by atoms with Crippen molar-refractivity contribution in [1.82, 2.24) is 9.38 Å². The van der Waals surface area contributed by atoms with E-state index in [-0.39, 0.29) is 12.0 Å². The molecule has 1 N–H and O–H groups in total. The van der Waals surface area contributed by atoms with Crippen LogP contribution in [-0.2, 0) is 16.1 Å². The smallest absolute Gasteiger partial charge is 0.306 e. The summed E-state index contributed by atoms with van der Waals surface area (Å²) in [5, 5.41) is 9.64. The largest absolute Gasteiger partial charge is 0.481 e. The van der Waals surface area contributed by atoms with Gasteiger partial charge in [-0.3, -0.25) is 4.79 Å². The first-order valence-electron chi connectivity index (χ1n) is 7.09. The van der Waals surface area contributed by atoms with Gasteiger partial charge in [0.1, 0.15) is 5.65 Å². The van der Waals surface area contributed by atoms with Gasteiger partial charge in [0.2, 0.25) is 0 Å². The van der Waals surface area contributed by atoms with E-state index < -0.39 is 5.97 Å². The van der Waals surface area contributed by atoms with Crippen LogP contribution in [0.5, 0.6) is 0 Å². The second-order valence-corrected chi connectivity index (χ2v) is 5.90. The van der Waals surface area contributed by atoms with Crippen molar-refractivity contribution in [3.63, 3.8) is 0 Å². The molecule has 112 valence electrons. The number of carboxylic acid groups (broad SMARTS) is 1. The van der Waals surface area contributed by atoms with Crippen LogP contribution in [0.3, 0.4) is 0 Å². The third-order valence-electron chi connectivity index (χ3n) is 3.96. The molecule has 1 fully saturated rings. The van der Waals surface area contributed by atoms with Crippen LogP contribution in [0.15, 0.2) is 24.5 Å². The zero-order chi connectivity index (χ0) is 14.8. The Labute approximate surface area is 127 Å². The molecule has 5 nitrogen and oxygen atoms in total. The summed E-state index contributed by atoms with van der Waals surface area (Å²) in [5.41, 5.74) is 1.70. The van der Waals surface area contributed by atoms with Crippen LogP contribution in [0, 0.1) is 5.92 Å². The topological polar surface area (TPSA) is 63.8 Å². The Kier molecular flexibility index (Phi) is 4.12. The number of nitrogens with zero attached hydrogens (tertiary/aromatic N) is 2. The second-order valence-electron chi connectivity index (χ2n) is 5.47. The number of ether oxygens (including phenoxy) is 1. The molecular formula is C15H17ClN2O3. The average molecular weight is 309 g/mol. The summed E-state index contributed by atoms with van der Waals surface area (Å²) < 4.78 is 7.73. The maximum absolute atomic E-state index is 10.9. The minimum Gasteiger partial charge on any atom is -0.481 e. The van der Waals surface area contributed by atoms with Crippen LogP contribution >= 0.6 is 11.6 Å². The molecule has 0 bridgehead atoms. The van der Waals surface area contributed by atoms with Gasteiger partial charge >= 0.3 is 5.97 Å². The fourth-order valence-electron chi connectivity index (χ4n) is 2.77. The number of hydrogen-bond acceptors (Lipinski definition) is 3. The molecule has 0 unspecified atom stereocenters. The Morgan fingerprint density at radius 3 is 2.81 bits per heavy atom. The van der Waals surface area contributed by atoms with Crippen molar-refractivity contribution in [3.8, 4) is 0 Å². The molecule has 2 aromatic rings. The monoisotopic (exact) mass is 308 g/mol. The van der Waals surface area contributed by atoms with Crippen molar-refractivity contribution in [2.75, 3.05) is 0 Å². The van der Waals surface area contributed by atoms with Gasteiger partial charge in [0, 0.05) is 12.4 Å². The van der Waals surface area contributed by atoms with Crippen molar-refractivity contribution in [2.24, 2.45) is 5.92 Å². The van der Waals surface area contributed by atoms with E-state index >= 15 is 0 Å². The molecule has 6 heteroatoms. The molecule has 0 aliphatic heterocycles. The number of fused-ring (bicyclic) bond motifs is 1. The van der Waals surface area contributed by atoms with E-state index in [0.29, 0.717) is 24.5 Å². The lowest BCUT2D eigenvalue weighted by Crippen LogP contribution is -2.25. The molecule has 21 heavy (non-hydrogen) atoms. The zero-order valence-electron chi connectivity index (χ0n) is 11.5. The SMILES string of the molecule is O=C(O)C1CCC(OCc2cn3cc(Cl)ccc3n2)CC1. The number of hydrogen-bond donors (Lipinski definition) is 1. The van der Waals surface area contributed by atoms with Crippen LogP contribution in [0.2, 0.25) is 5.02 Å². The maximum Gasteiger partial charge on any atom is 0.306 e. The fourth-order valence-corrected chi connectivity index (χ4v) is 2.93. The Bertz CT molecular complexity index is 647. The van der Waals surface area contributed by atoms with E-state index in [4.69, 9.17) is 21.4 Å². The summed E-state index contributed by atoms with van der Waals surface area (Å²) in [6.07, 6.45) is 6.85. The lowest BCUT2D eigenvalue weighted by molar-refractivity contribution is -0.143. The lowest BCUT2D eigenvalue weighted by atomic mass is 9.87. The predicted molar refractivity (Wildman–Crippen MR) is 78.4 cm³/mol. The van der Waals surface area contributed by atoms with E-state index in [9.17, 15) is 4.79 Å². The summed E-state index contributed by atoms with van der Waals surface area (Å²) in [6.45, 7) is 0.446. The number of aliphatic carboxylic acids is 1. The van der Waals surface area contributed by atoms with Gasteiger partial charge in [-0.15, -0.1) is 0 Å². The molecule has 3 rings (SSSR count). The van der Waals surface area contributed by atoms with Gasteiger partial charge in [-0.1, -0.05) is 11.6 Å². The molecule has 0 spiro atoms. The molecule has 0 saturated heterocycles. The number of carboxylic acids is 1. The molecule has 0 amide bonds. The maximum atomic E-state index is 10.9. The molecule has 1 aliphatic carbocycles. The van der Waals surface area contributed by atoms with Gasteiger partial charge < -0.3 is 14.2 Å². The van der Waals surface area contributed by atoms with Crippen molar-refractivity contribution in [2.45, 2.75) is 38.4 Å². The van der Waals surface area contributed by atoms with E-state index in [1.165, 1.54) is 0 Å². The van der Waals surface area contributed by atoms with Gasteiger partial charge in [0.15, 0.2) is 0 Å². The van der Waals surface area contributed by atoms with Crippen LogP contribution in [0.4, 0.5) is 0 Å². The van der Waals surface area contributed by atoms with E-state index in [2.05, 4.69) is 4.98 Å². The molecule has 2 heterocycles. The van der Waals surface area contributed by atoms with Gasteiger partial charge in [0.05, 0.1) is 29.3 Å². The lowest BCUT2D eigenvalue weighted by Gasteiger charge is -2.25. The van der Waals surface area contributed by atoms with Crippen molar-refractivity contribution < 1.29 is 14.6 Å².